The standard InChI is InChI=1S/C10H7N3O3S2/c11-6-7-3-4-9(17-7)18(15,16)13-10-8(14)2-1-5-12-10/h1-5,14H,(H,12,13). The molecule has 18 heavy (non-hydrogen) atoms. The summed E-state index contributed by atoms with van der Waals surface area (Å²) >= 11 is 0.844. The van der Waals surface area contributed by atoms with Crippen molar-refractivity contribution in [2.45, 2.75) is 4.21 Å². The van der Waals surface area contributed by atoms with Gasteiger partial charge in [0.05, 0.1) is 0 Å². The van der Waals surface area contributed by atoms with E-state index < -0.39 is 10.0 Å². The van der Waals surface area contributed by atoms with Crippen molar-refractivity contribution in [1.29, 1.82) is 5.26 Å². The van der Waals surface area contributed by atoms with Crippen molar-refractivity contribution in [3.8, 4) is 11.8 Å². The van der Waals surface area contributed by atoms with Crippen LogP contribution in [0.4, 0.5) is 5.82 Å². The number of nitrogens with zero attached hydrogens (tertiary/aromatic N) is 2. The van der Waals surface area contributed by atoms with Gasteiger partial charge in [-0.3, -0.25) is 4.72 Å². The summed E-state index contributed by atoms with van der Waals surface area (Å²) in [7, 11) is -3.83. The van der Waals surface area contributed by atoms with Crippen LogP contribution in [-0.4, -0.2) is 18.5 Å². The van der Waals surface area contributed by atoms with Gasteiger partial charge in [0, 0.05) is 6.20 Å². The minimum absolute atomic E-state index is 0.0101. The smallest absolute Gasteiger partial charge is 0.272 e. The Balaban J connectivity index is 2.34. The van der Waals surface area contributed by atoms with E-state index in [4.69, 9.17) is 5.26 Å². The molecular weight excluding hydrogens is 274 g/mol. The second-order valence-corrected chi connectivity index (χ2v) is 6.20. The van der Waals surface area contributed by atoms with E-state index in [9.17, 15) is 13.5 Å². The van der Waals surface area contributed by atoms with Crippen molar-refractivity contribution in [2.24, 2.45) is 0 Å². The zero-order valence-electron chi connectivity index (χ0n) is 8.86. The molecular formula is C10H7N3O3S2. The molecule has 92 valence electrons. The third-order valence-corrected chi connectivity index (χ3v) is 4.79. The van der Waals surface area contributed by atoms with E-state index in [0.29, 0.717) is 4.88 Å². The van der Waals surface area contributed by atoms with Crippen molar-refractivity contribution < 1.29 is 13.5 Å². The van der Waals surface area contributed by atoms with Gasteiger partial charge in [-0.25, -0.2) is 13.4 Å². The van der Waals surface area contributed by atoms with Crippen LogP contribution in [-0.2, 0) is 10.0 Å². The number of pyridine rings is 1. The molecule has 0 bridgehead atoms. The number of hydrogen-bond acceptors (Lipinski definition) is 6. The zero-order chi connectivity index (χ0) is 13.2. The summed E-state index contributed by atoms with van der Waals surface area (Å²) in [4.78, 5) is 4.01. The Bertz CT molecular complexity index is 716. The molecule has 0 aliphatic carbocycles. The topological polar surface area (TPSA) is 103 Å². The number of sulfonamides is 1. The maximum Gasteiger partial charge on any atom is 0.272 e. The summed E-state index contributed by atoms with van der Waals surface area (Å²) in [6, 6.07) is 7.39. The van der Waals surface area contributed by atoms with Gasteiger partial charge in [-0.15, -0.1) is 11.3 Å². The minimum Gasteiger partial charge on any atom is -0.504 e. The molecule has 2 aromatic heterocycles. The van der Waals surface area contributed by atoms with E-state index in [0.717, 1.165) is 11.3 Å². The highest BCUT2D eigenvalue weighted by Gasteiger charge is 2.19. The van der Waals surface area contributed by atoms with Crippen LogP contribution >= 0.6 is 11.3 Å². The maximum absolute atomic E-state index is 11.9. The second kappa shape index (κ2) is 4.64. The summed E-state index contributed by atoms with van der Waals surface area (Å²) in [5, 5.41) is 18.1. The van der Waals surface area contributed by atoms with Gasteiger partial charge in [0.1, 0.15) is 15.2 Å². The van der Waals surface area contributed by atoms with Crippen LogP contribution < -0.4 is 4.72 Å². The Labute approximate surface area is 107 Å². The monoisotopic (exact) mass is 281 g/mol. The Morgan fingerprint density at radius 2 is 2.17 bits per heavy atom. The number of thiophene rings is 1. The first-order valence-electron chi connectivity index (χ1n) is 4.69. The second-order valence-electron chi connectivity index (χ2n) is 3.21. The third-order valence-electron chi connectivity index (χ3n) is 1.97. The number of aromatic hydroxyl groups is 1. The average molecular weight is 281 g/mol. The van der Waals surface area contributed by atoms with Gasteiger partial charge in [0.15, 0.2) is 11.6 Å². The van der Waals surface area contributed by atoms with Gasteiger partial charge in [-0.05, 0) is 24.3 Å². The molecule has 2 rings (SSSR count). The van der Waals surface area contributed by atoms with Gasteiger partial charge in [0.2, 0.25) is 0 Å². The Morgan fingerprint density at radius 1 is 1.39 bits per heavy atom. The fourth-order valence-corrected chi connectivity index (χ4v) is 3.31. The van der Waals surface area contributed by atoms with Gasteiger partial charge in [0.25, 0.3) is 10.0 Å². The molecule has 0 aliphatic rings. The summed E-state index contributed by atoms with van der Waals surface area (Å²) in [6.07, 6.45) is 1.35. The zero-order valence-corrected chi connectivity index (χ0v) is 10.5. The lowest BCUT2D eigenvalue weighted by atomic mass is 10.4. The molecule has 8 heteroatoms. The molecule has 0 saturated carbocycles. The molecule has 0 fully saturated rings. The molecule has 0 radical (unpaired) electrons. The largest absolute Gasteiger partial charge is 0.504 e. The van der Waals surface area contributed by atoms with E-state index in [2.05, 4.69) is 9.71 Å². The molecule has 0 saturated heterocycles. The fraction of sp³-hybridized carbons (Fsp3) is 0. The van der Waals surface area contributed by atoms with Crippen molar-refractivity contribution in [1.82, 2.24) is 4.98 Å². The summed E-state index contributed by atoms with van der Waals surface area (Å²) in [5.41, 5.74) is 0. The predicted molar refractivity (Wildman–Crippen MR) is 65.7 cm³/mol. The van der Waals surface area contributed by atoms with E-state index in [1.54, 1.807) is 0 Å². The first-order valence-corrected chi connectivity index (χ1v) is 6.99. The maximum atomic E-state index is 11.9. The Kier molecular flexibility index (Phi) is 3.18. The van der Waals surface area contributed by atoms with E-state index in [1.807, 2.05) is 6.07 Å². The van der Waals surface area contributed by atoms with Crippen molar-refractivity contribution in [3.63, 3.8) is 0 Å². The molecule has 2 heterocycles. The van der Waals surface area contributed by atoms with Crippen LogP contribution in [0.1, 0.15) is 4.88 Å². The number of nitrogens with one attached hydrogen (secondary N) is 1. The first kappa shape index (κ1) is 12.3. The minimum atomic E-state index is -3.83. The number of aromatic nitrogens is 1. The van der Waals surface area contributed by atoms with E-state index in [1.165, 1.54) is 30.5 Å². The van der Waals surface area contributed by atoms with Gasteiger partial charge >= 0.3 is 0 Å². The van der Waals surface area contributed by atoms with Gasteiger partial charge in [-0.1, -0.05) is 0 Å². The van der Waals surface area contributed by atoms with Crippen molar-refractivity contribution >= 4 is 27.2 Å². The van der Waals surface area contributed by atoms with Crippen LogP contribution in [0.2, 0.25) is 0 Å². The number of hydrogen-bond donors (Lipinski definition) is 2. The lowest BCUT2D eigenvalue weighted by Crippen LogP contribution is -2.12. The van der Waals surface area contributed by atoms with Crippen LogP contribution in [0, 0.1) is 11.3 Å². The Morgan fingerprint density at radius 3 is 2.78 bits per heavy atom. The van der Waals surface area contributed by atoms with Crippen LogP contribution in [0.25, 0.3) is 0 Å². The highest BCUT2D eigenvalue weighted by Crippen LogP contribution is 2.26. The molecule has 2 aromatic rings. The quantitative estimate of drug-likeness (QED) is 0.887. The summed E-state index contributed by atoms with van der Waals surface area (Å²) < 4.78 is 26.0. The SMILES string of the molecule is N#Cc1ccc(S(=O)(=O)Nc2ncccc2O)s1. The summed E-state index contributed by atoms with van der Waals surface area (Å²) in [5.74, 6) is -0.414. The van der Waals surface area contributed by atoms with Crippen LogP contribution in [0.3, 0.4) is 0 Å². The molecule has 0 aromatic carbocycles. The number of nitriles is 1. The number of anilines is 1. The van der Waals surface area contributed by atoms with Gasteiger partial charge < -0.3 is 5.11 Å². The average Bonchev–Trinajstić information content (AvgIpc) is 2.81. The molecule has 2 N–H and O–H groups in total. The lowest BCUT2D eigenvalue weighted by molar-refractivity contribution is 0.475. The van der Waals surface area contributed by atoms with Crippen LogP contribution in [0.5, 0.6) is 5.75 Å². The number of rotatable bonds is 3. The summed E-state index contributed by atoms with van der Waals surface area (Å²) in [6.45, 7) is 0. The molecule has 0 atom stereocenters. The van der Waals surface area contributed by atoms with Gasteiger partial charge in [-0.2, -0.15) is 5.26 Å². The lowest BCUT2D eigenvalue weighted by Gasteiger charge is -2.06. The molecule has 6 nitrogen and oxygen atoms in total. The molecule has 0 unspecified atom stereocenters. The normalized spacial score (nSPS) is 10.8. The molecule has 0 amide bonds. The Hall–Kier alpha value is -2.11. The predicted octanol–water partition coefficient (Wildman–Crippen LogP) is 1.52. The molecule has 0 spiro atoms. The van der Waals surface area contributed by atoms with Crippen molar-refractivity contribution in [2.75, 3.05) is 4.72 Å². The third kappa shape index (κ3) is 2.42. The highest BCUT2D eigenvalue weighted by atomic mass is 32.2. The van der Waals surface area contributed by atoms with E-state index >= 15 is 0 Å². The first-order chi connectivity index (χ1) is 8.53. The molecule has 0 aliphatic heterocycles. The van der Waals surface area contributed by atoms with Crippen molar-refractivity contribution in [3.05, 3.63) is 35.3 Å². The fourth-order valence-electron chi connectivity index (χ4n) is 1.18. The highest BCUT2D eigenvalue weighted by molar-refractivity contribution is 7.94. The van der Waals surface area contributed by atoms with Crippen LogP contribution in [0.15, 0.2) is 34.7 Å². The van der Waals surface area contributed by atoms with E-state index in [-0.39, 0.29) is 15.8 Å².